The molecule has 0 aliphatic rings. The normalized spacial score (nSPS) is 9.65. The number of hydrogen-bond acceptors (Lipinski definition) is 5. The fourth-order valence-corrected chi connectivity index (χ4v) is 1.43. The van der Waals surface area contributed by atoms with E-state index in [1.54, 1.807) is 18.2 Å². The zero-order chi connectivity index (χ0) is 12.3. The molecule has 0 aliphatic carbocycles. The molecule has 2 aromatic rings. The predicted molar refractivity (Wildman–Crippen MR) is 65.9 cm³/mol. The molecule has 0 saturated heterocycles. The van der Waals surface area contributed by atoms with Crippen LogP contribution in [0.3, 0.4) is 0 Å². The maximum atomic E-state index is 8.69. The minimum absolute atomic E-state index is 0.145. The first-order chi connectivity index (χ1) is 8.19. The lowest BCUT2D eigenvalue weighted by atomic mass is 10.3. The molecule has 1 heterocycles. The highest BCUT2D eigenvalue weighted by molar-refractivity contribution is 6.30. The lowest BCUT2D eigenvalue weighted by Crippen LogP contribution is -2.02. The molecule has 1 aromatic heterocycles. The average Bonchev–Trinajstić information content (AvgIpc) is 2.29. The number of nitrogen functional groups attached to an aromatic ring is 1. The van der Waals surface area contributed by atoms with Gasteiger partial charge in [-0.15, -0.1) is 0 Å². The first-order valence-corrected chi connectivity index (χ1v) is 5.12. The molecule has 0 amide bonds. The second kappa shape index (κ2) is 4.68. The van der Waals surface area contributed by atoms with Crippen LogP contribution in [-0.4, -0.2) is 9.97 Å². The number of nitrogens with one attached hydrogen (secondary N) is 1. The van der Waals surface area contributed by atoms with Gasteiger partial charge in [0, 0.05) is 10.7 Å². The summed E-state index contributed by atoms with van der Waals surface area (Å²) in [6.07, 6.45) is 1.37. The van der Waals surface area contributed by atoms with E-state index in [4.69, 9.17) is 22.6 Å². The highest BCUT2D eigenvalue weighted by Gasteiger charge is 2.03. The van der Waals surface area contributed by atoms with E-state index in [2.05, 4.69) is 15.3 Å². The third kappa shape index (κ3) is 2.62. The molecule has 6 heteroatoms. The molecule has 0 atom stereocenters. The van der Waals surface area contributed by atoms with Crippen LogP contribution in [0.1, 0.15) is 5.56 Å². The maximum Gasteiger partial charge on any atom is 0.229 e. The van der Waals surface area contributed by atoms with Crippen LogP contribution in [0, 0.1) is 11.3 Å². The molecular formula is C11H8ClN5. The molecule has 17 heavy (non-hydrogen) atoms. The minimum Gasteiger partial charge on any atom is -0.382 e. The molecule has 5 nitrogen and oxygen atoms in total. The standard InChI is InChI=1S/C11H8ClN5/c12-8-2-1-3-9(4-8)16-11-15-6-7(5-13)10(14)17-11/h1-4,6H,(H3,14,15,16,17). The molecule has 0 radical (unpaired) electrons. The van der Waals surface area contributed by atoms with Crippen LogP contribution in [-0.2, 0) is 0 Å². The Hall–Kier alpha value is -2.32. The van der Waals surface area contributed by atoms with E-state index in [0.717, 1.165) is 5.69 Å². The van der Waals surface area contributed by atoms with Crippen molar-refractivity contribution in [3.8, 4) is 6.07 Å². The predicted octanol–water partition coefficient (Wildman–Crippen LogP) is 2.33. The van der Waals surface area contributed by atoms with Crippen LogP contribution in [0.4, 0.5) is 17.5 Å². The molecule has 3 N–H and O–H groups in total. The molecule has 2 rings (SSSR count). The van der Waals surface area contributed by atoms with Gasteiger partial charge in [-0.3, -0.25) is 0 Å². The van der Waals surface area contributed by atoms with Gasteiger partial charge in [0.05, 0.1) is 6.20 Å². The van der Waals surface area contributed by atoms with Crippen molar-refractivity contribution in [2.75, 3.05) is 11.1 Å². The van der Waals surface area contributed by atoms with Crippen molar-refractivity contribution in [3.05, 3.63) is 41.0 Å². The van der Waals surface area contributed by atoms with Gasteiger partial charge in [-0.1, -0.05) is 17.7 Å². The molecule has 0 saturated carbocycles. The summed E-state index contributed by atoms with van der Waals surface area (Å²) >= 11 is 5.84. The van der Waals surface area contributed by atoms with Crippen molar-refractivity contribution in [2.24, 2.45) is 0 Å². The van der Waals surface area contributed by atoms with Crippen LogP contribution in [0.2, 0.25) is 5.02 Å². The Kier molecular flexibility index (Phi) is 3.08. The fourth-order valence-electron chi connectivity index (χ4n) is 1.24. The molecule has 0 aliphatic heterocycles. The number of nitriles is 1. The van der Waals surface area contributed by atoms with Crippen LogP contribution >= 0.6 is 11.6 Å². The summed E-state index contributed by atoms with van der Waals surface area (Å²) in [6, 6.07) is 9.02. The van der Waals surface area contributed by atoms with Gasteiger partial charge in [0.15, 0.2) is 0 Å². The Balaban J connectivity index is 2.25. The summed E-state index contributed by atoms with van der Waals surface area (Å²) in [7, 11) is 0. The quantitative estimate of drug-likeness (QED) is 0.848. The fraction of sp³-hybridized carbons (Fsp3) is 0. The second-order valence-corrected chi connectivity index (χ2v) is 3.68. The smallest absolute Gasteiger partial charge is 0.229 e. The third-order valence-corrected chi connectivity index (χ3v) is 2.25. The lowest BCUT2D eigenvalue weighted by Gasteiger charge is -2.05. The van der Waals surface area contributed by atoms with Gasteiger partial charge in [-0.2, -0.15) is 10.2 Å². The summed E-state index contributed by atoms with van der Waals surface area (Å²) in [5, 5.41) is 12.2. The van der Waals surface area contributed by atoms with Crippen LogP contribution < -0.4 is 11.1 Å². The summed E-state index contributed by atoms with van der Waals surface area (Å²) < 4.78 is 0. The highest BCUT2D eigenvalue weighted by Crippen LogP contribution is 2.18. The largest absolute Gasteiger partial charge is 0.382 e. The summed E-state index contributed by atoms with van der Waals surface area (Å²) in [5.74, 6) is 0.468. The van der Waals surface area contributed by atoms with Crippen molar-refractivity contribution in [1.82, 2.24) is 9.97 Å². The van der Waals surface area contributed by atoms with E-state index >= 15 is 0 Å². The topological polar surface area (TPSA) is 87.6 Å². The third-order valence-electron chi connectivity index (χ3n) is 2.02. The zero-order valence-corrected chi connectivity index (χ0v) is 9.44. The molecule has 0 bridgehead atoms. The van der Waals surface area contributed by atoms with Crippen molar-refractivity contribution < 1.29 is 0 Å². The summed E-state index contributed by atoms with van der Waals surface area (Å²) in [5.41, 5.74) is 6.58. The molecular weight excluding hydrogens is 238 g/mol. The van der Waals surface area contributed by atoms with Crippen molar-refractivity contribution in [3.63, 3.8) is 0 Å². The van der Waals surface area contributed by atoms with Crippen LogP contribution in [0.5, 0.6) is 0 Å². The van der Waals surface area contributed by atoms with Gasteiger partial charge in [0.1, 0.15) is 17.5 Å². The van der Waals surface area contributed by atoms with Crippen molar-refractivity contribution >= 4 is 29.1 Å². The molecule has 84 valence electrons. The maximum absolute atomic E-state index is 8.69. The number of halogens is 1. The number of nitrogens with two attached hydrogens (primary N) is 1. The van der Waals surface area contributed by atoms with Gasteiger partial charge < -0.3 is 11.1 Å². The molecule has 0 unspecified atom stereocenters. The Bertz CT molecular complexity index is 591. The first kappa shape index (κ1) is 11.2. The van der Waals surface area contributed by atoms with Crippen LogP contribution in [0.25, 0.3) is 0 Å². The number of benzene rings is 1. The Morgan fingerprint density at radius 2 is 2.24 bits per heavy atom. The number of anilines is 3. The Morgan fingerprint density at radius 1 is 1.41 bits per heavy atom. The van der Waals surface area contributed by atoms with E-state index < -0.39 is 0 Å². The number of nitrogens with zero attached hydrogens (tertiary/aromatic N) is 3. The first-order valence-electron chi connectivity index (χ1n) is 4.74. The highest BCUT2D eigenvalue weighted by atomic mass is 35.5. The number of rotatable bonds is 2. The van der Waals surface area contributed by atoms with Gasteiger partial charge in [0.25, 0.3) is 0 Å². The lowest BCUT2D eigenvalue weighted by molar-refractivity contribution is 1.16. The van der Waals surface area contributed by atoms with Crippen molar-refractivity contribution in [1.29, 1.82) is 5.26 Å². The molecule has 0 fully saturated rings. The van der Waals surface area contributed by atoms with Gasteiger partial charge in [0.2, 0.25) is 5.95 Å². The van der Waals surface area contributed by atoms with E-state index in [9.17, 15) is 0 Å². The van der Waals surface area contributed by atoms with E-state index in [1.807, 2.05) is 12.1 Å². The van der Waals surface area contributed by atoms with Gasteiger partial charge in [-0.05, 0) is 18.2 Å². The SMILES string of the molecule is N#Cc1cnc(Nc2cccc(Cl)c2)nc1N. The summed E-state index contributed by atoms with van der Waals surface area (Å²) in [6.45, 7) is 0. The Morgan fingerprint density at radius 3 is 2.88 bits per heavy atom. The second-order valence-electron chi connectivity index (χ2n) is 3.24. The zero-order valence-electron chi connectivity index (χ0n) is 8.68. The van der Waals surface area contributed by atoms with Crippen LogP contribution in [0.15, 0.2) is 30.5 Å². The van der Waals surface area contributed by atoms with Gasteiger partial charge in [-0.25, -0.2) is 4.98 Å². The van der Waals surface area contributed by atoms with Crippen molar-refractivity contribution in [2.45, 2.75) is 0 Å². The number of aromatic nitrogens is 2. The average molecular weight is 246 g/mol. The van der Waals surface area contributed by atoms with E-state index in [-0.39, 0.29) is 11.4 Å². The molecule has 1 aromatic carbocycles. The minimum atomic E-state index is 0.145. The van der Waals surface area contributed by atoms with E-state index in [1.165, 1.54) is 6.20 Å². The number of hydrogen-bond donors (Lipinski definition) is 2. The Labute approximate surface area is 103 Å². The summed E-state index contributed by atoms with van der Waals surface area (Å²) in [4.78, 5) is 7.93. The van der Waals surface area contributed by atoms with E-state index in [0.29, 0.717) is 11.0 Å². The molecule has 0 spiro atoms. The monoisotopic (exact) mass is 245 g/mol. The van der Waals surface area contributed by atoms with Gasteiger partial charge >= 0.3 is 0 Å².